The van der Waals surface area contributed by atoms with Gasteiger partial charge in [-0.15, -0.1) is 11.6 Å². The molecule has 1 aromatic rings. The summed E-state index contributed by atoms with van der Waals surface area (Å²) in [6.07, 6.45) is 1.27. The topological polar surface area (TPSA) is 29.1 Å². The second-order valence-electron chi connectivity index (χ2n) is 4.33. The number of rotatable bonds is 5. The highest BCUT2D eigenvalue weighted by Gasteiger charge is 2.04. The zero-order valence-electron chi connectivity index (χ0n) is 10.8. The summed E-state index contributed by atoms with van der Waals surface area (Å²) in [4.78, 5) is 11.2. The summed E-state index contributed by atoms with van der Waals surface area (Å²) in [6, 6.07) is 4.28. The van der Waals surface area contributed by atoms with Gasteiger partial charge in [0.15, 0.2) is 0 Å². The normalized spacial score (nSPS) is 10.4. The average Bonchev–Trinajstić information content (AvgIpc) is 2.29. The number of hydrogen-bond acceptors (Lipinski definition) is 1. The Kier molecular flexibility index (Phi) is 5.49. The molecule has 0 unspecified atom stereocenters. The van der Waals surface area contributed by atoms with Gasteiger partial charge >= 0.3 is 0 Å². The number of amides is 1. The molecule has 1 rings (SSSR count). The molecule has 1 aromatic carbocycles. The van der Waals surface area contributed by atoms with Crippen molar-refractivity contribution in [2.75, 3.05) is 12.4 Å². The molecule has 0 saturated carbocycles. The molecule has 1 N–H and O–H groups in total. The van der Waals surface area contributed by atoms with Crippen LogP contribution < -0.4 is 5.32 Å². The Morgan fingerprint density at radius 2 is 1.94 bits per heavy atom. The van der Waals surface area contributed by atoms with Crippen molar-refractivity contribution >= 4 is 17.5 Å². The van der Waals surface area contributed by atoms with Gasteiger partial charge < -0.3 is 5.32 Å². The van der Waals surface area contributed by atoms with Gasteiger partial charge in [-0.25, -0.2) is 0 Å². The van der Waals surface area contributed by atoms with Crippen LogP contribution in [0.3, 0.4) is 0 Å². The lowest BCUT2D eigenvalue weighted by atomic mass is 9.97. The monoisotopic (exact) mass is 253 g/mol. The number of halogens is 1. The molecule has 0 fully saturated rings. The van der Waals surface area contributed by atoms with Crippen molar-refractivity contribution < 1.29 is 4.79 Å². The van der Waals surface area contributed by atoms with Gasteiger partial charge in [0, 0.05) is 18.8 Å². The maximum absolute atomic E-state index is 11.2. The van der Waals surface area contributed by atoms with Crippen LogP contribution in [0.1, 0.15) is 28.7 Å². The predicted octanol–water partition coefficient (Wildman–Crippen LogP) is 2.90. The number of benzene rings is 1. The largest absolute Gasteiger partial charge is 0.356 e. The van der Waals surface area contributed by atoms with Crippen molar-refractivity contribution in [3.05, 3.63) is 34.4 Å². The van der Waals surface area contributed by atoms with Crippen LogP contribution in [0, 0.1) is 20.8 Å². The molecular formula is C14H20ClNO. The molecule has 17 heavy (non-hydrogen) atoms. The highest BCUT2D eigenvalue weighted by molar-refractivity contribution is 6.18. The minimum atomic E-state index is 0.0292. The van der Waals surface area contributed by atoms with E-state index in [1.165, 1.54) is 22.3 Å². The van der Waals surface area contributed by atoms with Crippen molar-refractivity contribution in [2.45, 2.75) is 33.6 Å². The first kappa shape index (κ1) is 14.0. The predicted molar refractivity (Wildman–Crippen MR) is 72.7 cm³/mol. The van der Waals surface area contributed by atoms with E-state index in [0.29, 0.717) is 18.8 Å². The van der Waals surface area contributed by atoms with Gasteiger partial charge in [0.1, 0.15) is 0 Å². The first-order valence-electron chi connectivity index (χ1n) is 5.94. The molecule has 0 bridgehead atoms. The third-order valence-electron chi connectivity index (χ3n) is 3.21. The Labute approximate surface area is 108 Å². The van der Waals surface area contributed by atoms with E-state index in [1.807, 2.05) is 0 Å². The van der Waals surface area contributed by atoms with Crippen LogP contribution >= 0.6 is 11.6 Å². The summed E-state index contributed by atoms with van der Waals surface area (Å²) in [7, 11) is 0. The van der Waals surface area contributed by atoms with E-state index in [4.69, 9.17) is 11.6 Å². The number of aryl methyl sites for hydroxylation is 1. The standard InChI is InChI=1S/C14H20ClNO/c1-10-4-5-13(12(3)11(10)2)7-9-16-14(17)6-8-15/h4-5H,6-9H2,1-3H3,(H,16,17). The first-order valence-corrected chi connectivity index (χ1v) is 6.48. The number of carbonyl (C=O) groups excluding carboxylic acids is 1. The van der Waals surface area contributed by atoms with E-state index in [1.54, 1.807) is 0 Å². The Morgan fingerprint density at radius 1 is 1.24 bits per heavy atom. The minimum Gasteiger partial charge on any atom is -0.356 e. The highest BCUT2D eigenvalue weighted by Crippen LogP contribution is 2.17. The van der Waals surface area contributed by atoms with Crippen LogP contribution in [-0.4, -0.2) is 18.3 Å². The van der Waals surface area contributed by atoms with Crippen molar-refractivity contribution in [1.29, 1.82) is 0 Å². The molecule has 0 saturated heterocycles. The summed E-state index contributed by atoms with van der Waals surface area (Å²) in [5.74, 6) is 0.413. The molecule has 3 heteroatoms. The van der Waals surface area contributed by atoms with Crippen molar-refractivity contribution in [1.82, 2.24) is 5.32 Å². The fourth-order valence-electron chi connectivity index (χ4n) is 1.79. The van der Waals surface area contributed by atoms with E-state index in [2.05, 4.69) is 38.2 Å². The lowest BCUT2D eigenvalue weighted by Gasteiger charge is -2.11. The molecular weight excluding hydrogens is 234 g/mol. The quantitative estimate of drug-likeness (QED) is 0.804. The van der Waals surface area contributed by atoms with Gasteiger partial charge in [0.05, 0.1) is 0 Å². The van der Waals surface area contributed by atoms with E-state index < -0.39 is 0 Å². The Hall–Kier alpha value is -1.02. The van der Waals surface area contributed by atoms with Crippen LogP contribution in [-0.2, 0) is 11.2 Å². The smallest absolute Gasteiger partial charge is 0.221 e. The molecule has 0 aromatic heterocycles. The second-order valence-corrected chi connectivity index (χ2v) is 4.71. The van der Waals surface area contributed by atoms with Crippen molar-refractivity contribution in [2.24, 2.45) is 0 Å². The van der Waals surface area contributed by atoms with Gasteiger partial charge in [-0.2, -0.15) is 0 Å². The maximum Gasteiger partial charge on any atom is 0.221 e. The fraction of sp³-hybridized carbons (Fsp3) is 0.500. The lowest BCUT2D eigenvalue weighted by Crippen LogP contribution is -2.25. The van der Waals surface area contributed by atoms with Gasteiger partial charge in [0.2, 0.25) is 5.91 Å². The molecule has 0 aliphatic rings. The number of hydrogen-bond donors (Lipinski definition) is 1. The van der Waals surface area contributed by atoms with Crippen LogP contribution in [0.15, 0.2) is 12.1 Å². The van der Waals surface area contributed by atoms with Gasteiger partial charge in [0.25, 0.3) is 0 Å². The van der Waals surface area contributed by atoms with Crippen molar-refractivity contribution in [3.8, 4) is 0 Å². The summed E-state index contributed by atoms with van der Waals surface area (Å²) in [6.45, 7) is 7.08. The molecule has 0 heterocycles. The zero-order valence-corrected chi connectivity index (χ0v) is 11.5. The number of alkyl halides is 1. The summed E-state index contributed by atoms with van der Waals surface area (Å²) in [5.41, 5.74) is 5.29. The van der Waals surface area contributed by atoms with Crippen LogP contribution in [0.5, 0.6) is 0 Å². The third-order valence-corrected chi connectivity index (χ3v) is 3.40. The first-order chi connectivity index (χ1) is 8.06. The van der Waals surface area contributed by atoms with Gasteiger partial charge in [-0.1, -0.05) is 12.1 Å². The summed E-state index contributed by atoms with van der Waals surface area (Å²) >= 11 is 5.49. The van der Waals surface area contributed by atoms with E-state index in [9.17, 15) is 4.79 Å². The van der Waals surface area contributed by atoms with Gasteiger partial charge in [-0.05, 0) is 49.4 Å². The second kappa shape index (κ2) is 6.65. The minimum absolute atomic E-state index is 0.0292. The van der Waals surface area contributed by atoms with Crippen molar-refractivity contribution in [3.63, 3.8) is 0 Å². The van der Waals surface area contributed by atoms with Crippen LogP contribution in [0.2, 0.25) is 0 Å². The molecule has 0 radical (unpaired) electrons. The zero-order chi connectivity index (χ0) is 12.8. The average molecular weight is 254 g/mol. The van der Waals surface area contributed by atoms with Crippen LogP contribution in [0.4, 0.5) is 0 Å². The Balaban J connectivity index is 2.53. The van der Waals surface area contributed by atoms with E-state index >= 15 is 0 Å². The number of nitrogens with one attached hydrogen (secondary N) is 1. The summed E-state index contributed by atoms with van der Waals surface area (Å²) < 4.78 is 0. The van der Waals surface area contributed by atoms with E-state index in [0.717, 1.165) is 6.42 Å². The third kappa shape index (κ3) is 4.04. The van der Waals surface area contributed by atoms with Gasteiger partial charge in [-0.3, -0.25) is 4.79 Å². The molecule has 0 aliphatic carbocycles. The Morgan fingerprint density at radius 3 is 2.59 bits per heavy atom. The maximum atomic E-state index is 11.2. The molecule has 1 amide bonds. The molecule has 2 nitrogen and oxygen atoms in total. The van der Waals surface area contributed by atoms with Crippen LogP contribution in [0.25, 0.3) is 0 Å². The van der Waals surface area contributed by atoms with E-state index in [-0.39, 0.29) is 5.91 Å². The number of carbonyl (C=O) groups is 1. The molecule has 0 aliphatic heterocycles. The molecule has 0 atom stereocenters. The fourth-order valence-corrected chi connectivity index (χ4v) is 1.97. The Bertz CT molecular complexity index is 401. The lowest BCUT2D eigenvalue weighted by molar-refractivity contribution is -0.120. The SMILES string of the molecule is Cc1ccc(CCNC(=O)CCCl)c(C)c1C. The molecule has 0 spiro atoms. The summed E-state index contributed by atoms with van der Waals surface area (Å²) in [5, 5.41) is 2.87. The molecule has 94 valence electrons. The highest BCUT2D eigenvalue weighted by atomic mass is 35.5.